The van der Waals surface area contributed by atoms with E-state index in [1.165, 1.54) is 96.3 Å². The van der Waals surface area contributed by atoms with Crippen LogP contribution >= 0.6 is 0 Å². The first-order chi connectivity index (χ1) is 16.5. The van der Waals surface area contributed by atoms with Gasteiger partial charge in [-0.25, -0.2) is 0 Å². The van der Waals surface area contributed by atoms with Crippen LogP contribution in [0.1, 0.15) is 162 Å². The molecule has 0 aliphatic heterocycles. The highest BCUT2D eigenvalue weighted by Gasteiger charge is 2.27. The normalized spacial score (nSPS) is 11.9. The first-order valence-electron chi connectivity index (χ1n) is 14.6. The van der Waals surface area contributed by atoms with E-state index in [9.17, 15) is 14.7 Å². The second-order valence-electron chi connectivity index (χ2n) is 10.1. The Kier molecular flexibility index (Phi) is 23.8. The molecule has 0 saturated carbocycles. The van der Waals surface area contributed by atoms with Gasteiger partial charge in [0.15, 0.2) is 0 Å². The van der Waals surface area contributed by atoms with Crippen molar-refractivity contribution in [3.8, 4) is 0 Å². The van der Waals surface area contributed by atoms with Crippen molar-refractivity contribution >= 4 is 11.8 Å². The number of carbonyl (C=O) groups excluding carboxylic acids is 2. The number of hydrogen-bond acceptors (Lipinski definition) is 4. The Labute approximate surface area is 211 Å². The van der Waals surface area contributed by atoms with E-state index in [1.807, 2.05) is 0 Å². The van der Waals surface area contributed by atoms with Gasteiger partial charge in [-0.2, -0.15) is 0 Å². The zero-order valence-electron chi connectivity index (χ0n) is 22.7. The number of esters is 1. The Hall–Kier alpha value is -1.32. The van der Waals surface area contributed by atoms with E-state index in [0.717, 1.165) is 38.5 Å². The molecule has 0 aromatic heterocycles. The molecule has 0 aliphatic rings. The van der Waals surface area contributed by atoms with Gasteiger partial charge in [-0.15, -0.1) is 0 Å². The number of rotatable bonds is 26. The number of ketones is 1. The summed E-state index contributed by atoms with van der Waals surface area (Å²) in [5.41, 5.74) is 0. The van der Waals surface area contributed by atoms with Gasteiger partial charge >= 0.3 is 5.97 Å². The minimum Gasteiger partial charge on any atom is -0.481 e. The zero-order valence-corrected chi connectivity index (χ0v) is 22.7. The van der Waals surface area contributed by atoms with Crippen LogP contribution in [0, 0.1) is 5.92 Å². The van der Waals surface area contributed by atoms with Crippen molar-refractivity contribution in [1.82, 2.24) is 0 Å². The van der Waals surface area contributed by atoms with Crippen LogP contribution in [0.5, 0.6) is 0 Å². The van der Waals surface area contributed by atoms with Crippen LogP contribution in [-0.4, -0.2) is 16.9 Å². The second-order valence-corrected chi connectivity index (χ2v) is 10.1. The molecule has 1 N–H and O–H groups in total. The van der Waals surface area contributed by atoms with Crippen LogP contribution in [0.3, 0.4) is 0 Å². The van der Waals surface area contributed by atoms with Crippen molar-refractivity contribution in [2.45, 2.75) is 162 Å². The van der Waals surface area contributed by atoms with Crippen molar-refractivity contribution < 1.29 is 19.4 Å². The predicted molar refractivity (Wildman–Crippen MR) is 144 cm³/mol. The summed E-state index contributed by atoms with van der Waals surface area (Å²) in [4.78, 5) is 25.0. The molecule has 0 fully saturated rings. The Morgan fingerprint density at radius 3 is 1.35 bits per heavy atom. The van der Waals surface area contributed by atoms with E-state index < -0.39 is 17.8 Å². The number of carbonyl (C=O) groups is 2. The molecule has 34 heavy (non-hydrogen) atoms. The summed E-state index contributed by atoms with van der Waals surface area (Å²) < 4.78 is 4.78. The number of ether oxygens (including phenoxy) is 1. The highest BCUT2D eigenvalue weighted by Crippen LogP contribution is 2.20. The molecule has 0 aromatic rings. The van der Waals surface area contributed by atoms with Crippen molar-refractivity contribution in [1.29, 1.82) is 0 Å². The fourth-order valence-electron chi connectivity index (χ4n) is 4.57. The molecule has 0 heterocycles. The molecular weight excluding hydrogens is 424 g/mol. The predicted octanol–water partition coefficient (Wildman–Crippen LogP) is 9.76. The van der Waals surface area contributed by atoms with Crippen LogP contribution in [0.15, 0.2) is 12.5 Å². The van der Waals surface area contributed by atoms with Crippen molar-refractivity contribution in [2.24, 2.45) is 5.92 Å². The summed E-state index contributed by atoms with van der Waals surface area (Å²) in [6.45, 7) is 7.71. The summed E-state index contributed by atoms with van der Waals surface area (Å²) in [7, 11) is 0. The van der Waals surface area contributed by atoms with Crippen LogP contribution in [0.2, 0.25) is 0 Å². The van der Waals surface area contributed by atoms with Crippen LogP contribution < -0.4 is 0 Å². The summed E-state index contributed by atoms with van der Waals surface area (Å²) >= 11 is 0. The van der Waals surface area contributed by atoms with Gasteiger partial charge in [-0.3, -0.25) is 9.59 Å². The van der Waals surface area contributed by atoms with E-state index in [-0.39, 0.29) is 5.78 Å². The molecule has 0 bridgehead atoms. The molecule has 1 unspecified atom stereocenters. The average molecular weight is 481 g/mol. The SMILES string of the molecule is C=C(O)OC(=O)C(CCCCCCCCCCCC)C(=O)CCCCCCCCCCCCC. The topological polar surface area (TPSA) is 63.6 Å². The number of aliphatic hydroxyl groups is 1. The van der Waals surface area contributed by atoms with Crippen molar-refractivity contribution in [2.75, 3.05) is 0 Å². The maximum absolute atomic E-state index is 12.7. The largest absolute Gasteiger partial charge is 0.481 e. The molecule has 0 spiro atoms. The smallest absolute Gasteiger partial charge is 0.324 e. The molecule has 1 atom stereocenters. The summed E-state index contributed by atoms with van der Waals surface area (Å²) in [6.07, 6.45) is 26.7. The van der Waals surface area contributed by atoms with E-state index in [1.54, 1.807) is 0 Å². The third-order valence-corrected chi connectivity index (χ3v) is 6.76. The van der Waals surface area contributed by atoms with Gasteiger partial charge in [0, 0.05) is 6.42 Å². The maximum Gasteiger partial charge on any atom is 0.324 e. The minimum atomic E-state index is -0.763. The fourth-order valence-corrected chi connectivity index (χ4v) is 4.57. The summed E-state index contributed by atoms with van der Waals surface area (Å²) in [5.74, 6) is -2.07. The number of hydrogen-bond donors (Lipinski definition) is 1. The first-order valence-corrected chi connectivity index (χ1v) is 14.6. The average Bonchev–Trinajstić information content (AvgIpc) is 2.80. The third kappa shape index (κ3) is 21.2. The first kappa shape index (κ1) is 32.7. The van der Waals surface area contributed by atoms with Crippen molar-refractivity contribution in [3.63, 3.8) is 0 Å². The highest BCUT2D eigenvalue weighted by molar-refractivity contribution is 5.99. The summed E-state index contributed by atoms with van der Waals surface area (Å²) in [6, 6.07) is 0. The molecule has 0 aliphatic carbocycles. The zero-order chi connectivity index (χ0) is 25.3. The van der Waals surface area contributed by atoms with Gasteiger partial charge in [-0.1, -0.05) is 142 Å². The molecule has 4 nitrogen and oxygen atoms in total. The fraction of sp³-hybridized carbons (Fsp3) is 0.867. The number of unbranched alkanes of at least 4 members (excludes halogenated alkanes) is 19. The lowest BCUT2D eigenvalue weighted by atomic mass is 9.92. The molecule has 0 saturated heterocycles. The Bertz CT molecular complexity index is 500. The van der Waals surface area contributed by atoms with Gasteiger partial charge in [0.05, 0.1) is 0 Å². The molecule has 0 amide bonds. The molecule has 0 rings (SSSR count). The van der Waals surface area contributed by atoms with Gasteiger partial charge < -0.3 is 9.84 Å². The number of Topliss-reactive ketones (excluding diaryl/α,β-unsaturated/α-hetero) is 1. The van der Waals surface area contributed by atoms with Crippen LogP contribution in [0.25, 0.3) is 0 Å². The molecule has 0 aromatic carbocycles. The van der Waals surface area contributed by atoms with Crippen molar-refractivity contribution in [3.05, 3.63) is 12.5 Å². The Morgan fingerprint density at radius 2 is 0.971 bits per heavy atom. The third-order valence-electron chi connectivity index (χ3n) is 6.76. The quantitative estimate of drug-likeness (QED) is 0.0579. The molecular formula is C30H56O4. The summed E-state index contributed by atoms with van der Waals surface area (Å²) in [5, 5.41) is 9.23. The second kappa shape index (κ2) is 24.8. The van der Waals surface area contributed by atoms with E-state index in [4.69, 9.17) is 4.74 Å². The lowest BCUT2D eigenvalue weighted by molar-refractivity contribution is -0.152. The van der Waals surface area contributed by atoms with Gasteiger partial charge in [0.2, 0.25) is 0 Å². The van der Waals surface area contributed by atoms with E-state index in [0.29, 0.717) is 12.8 Å². The van der Waals surface area contributed by atoms with Crippen LogP contribution in [0.4, 0.5) is 0 Å². The minimum absolute atomic E-state index is 0.0434. The Balaban J connectivity index is 4.00. The lowest BCUT2D eigenvalue weighted by Gasteiger charge is -2.14. The van der Waals surface area contributed by atoms with Gasteiger partial charge in [0.25, 0.3) is 5.95 Å². The highest BCUT2D eigenvalue weighted by atomic mass is 16.6. The van der Waals surface area contributed by atoms with Crippen LogP contribution in [-0.2, 0) is 14.3 Å². The standard InChI is InChI=1S/C30H56O4/c1-4-6-8-10-12-14-16-18-20-22-24-26-29(32)28(30(33)34-27(3)31)25-23-21-19-17-15-13-11-9-7-5-2/h28,31H,3-26H2,1-2H3. The number of aliphatic hydroxyl groups excluding tert-OH is 1. The van der Waals surface area contributed by atoms with Gasteiger partial charge in [0.1, 0.15) is 11.7 Å². The molecule has 200 valence electrons. The van der Waals surface area contributed by atoms with Gasteiger partial charge in [-0.05, 0) is 19.4 Å². The lowest BCUT2D eigenvalue weighted by Crippen LogP contribution is -2.26. The Morgan fingerprint density at radius 1 is 0.618 bits per heavy atom. The van der Waals surface area contributed by atoms with E-state index in [2.05, 4.69) is 20.4 Å². The molecule has 0 radical (unpaired) electrons. The molecule has 4 heteroatoms. The maximum atomic E-state index is 12.7. The van der Waals surface area contributed by atoms with E-state index >= 15 is 0 Å². The monoisotopic (exact) mass is 480 g/mol.